The van der Waals surface area contributed by atoms with Gasteiger partial charge in [0.25, 0.3) is 0 Å². The Morgan fingerprint density at radius 2 is 1.40 bits per heavy atom. The summed E-state index contributed by atoms with van der Waals surface area (Å²) in [6.45, 7) is 6.20. The molecule has 0 aromatic heterocycles. The Morgan fingerprint density at radius 1 is 0.867 bits per heavy atom. The number of nitrogens with one attached hydrogen (secondary N) is 3. The number of hydrogen-bond acceptors (Lipinski definition) is 7. The van der Waals surface area contributed by atoms with Gasteiger partial charge in [-0.25, -0.2) is 4.79 Å². The quantitative estimate of drug-likeness (QED) is 0.166. The molecule has 0 aliphatic carbocycles. The zero-order valence-corrected chi connectivity index (χ0v) is 17.7. The Morgan fingerprint density at radius 3 is 1.80 bits per heavy atom. The highest BCUT2D eigenvalue weighted by Gasteiger charge is 2.32. The number of rotatable bonds is 13. The van der Waals surface area contributed by atoms with Gasteiger partial charge in [-0.1, -0.05) is 13.8 Å². The van der Waals surface area contributed by atoms with Gasteiger partial charge in [0.15, 0.2) is 0 Å². The molecular formula is C18H33N5O7. The molecule has 0 bridgehead atoms. The summed E-state index contributed by atoms with van der Waals surface area (Å²) in [4.78, 5) is 59.5. The molecule has 12 nitrogen and oxygen atoms in total. The van der Waals surface area contributed by atoms with Gasteiger partial charge in [0.1, 0.15) is 18.1 Å². The predicted molar refractivity (Wildman–Crippen MR) is 107 cm³/mol. The van der Waals surface area contributed by atoms with Crippen LogP contribution in [0, 0.1) is 5.92 Å². The van der Waals surface area contributed by atoms with Crippen LogP contribution in [0.1, 0.15) is 47.0 Å². The van der Waals surface area contributed by atoms with Crippen LogP contribution in [0.2, 0.25) is 0 Å². The highest BCUT2D eigenvalue weighted by molar-refractivity contribution is 5.94. The first-order chi connectivity index (χ1) is 13.8. The molecule has 4 amide bonds. The van der Waals surface area contributed by atoms with Crippen molar-refractivity contribution >= 4 is 29.6 Å². The fraction of sp³-hybridized carbons (Fsp3) is 0.722. The van der Waals surface area contributed by atoms with E-state index < -0.39 is 59.9 Å². The molecule has 9 N–H and O–H groups in total. The molecule has 0 aliphatic rings. The van der Waals surface area contributed by atoms with Crippen molar-refractivity contribution in [1.29, 1.82) is 0 Å². The molecule has 0 rings (SSSR count). The van der Waals surface area contributed by atoms with Crippen LogP contribution in [-0.4, -0.2) is 70.1 Å². The Kier molecular flexibility index (Phi) is 11.6. The molecule has 12 heteroatoms. The van der Waals surface area contributed by atoms with Crippen LogP contribution in [0.5, 0.6) is 0 Å². The van der Waals surface area contributed by atoms with Gasteiger partial charge >= 0.3 is 5.97 Å². The summed E-state index contributed by atoms with van der Waals surface area (Å²) in [5, 5.41) is 26.1. The number of nitrogens with two attached hydrogens (primary N) is 2. The van der Waals surface area contributed by atoms with Gasteiger partial charge in [-0.05, 0) is 32.6 Å². The van der Waals surface area contributed by atoms with Crippen LogP contribution < -0.4 is 27.4 Å². The summed E-state index contributed by atoms with van der Waals surface area (Å²) in [7, 11) is 0. The number of carbonyl (C=O) groups excluding carboxylic acids is 4. The number of aliphatic hydroxyl groups excluding tert-OH is 1. The third kappa shape index (κ3) is 10.2. The van der Waals surface area contributed by atoms with E-state index in [1.165, 1.54) is 13.8 Å². The number of carboxylic acids is 1. The van der Waals surface area contributed by atoms with E-state index in [2.05, 4.69) is 16.0 Å². The van der Waals surface area contributed by atoms with Gasteiger partial charge in [0, 0.05) is 6.42 Å². The van der Waals surface area contributed by atoms with Crippen LogP contribution in [-0.2, 0) is 24.0 Å². The molecule has 0 saturated heterocycles. The summed E-state index contributed by atoms with van der Waals surface area (Å²) in [6, 6.07) is -4.87. The molecule has 0 fully saturated rings. The van der Waals surface area contributed by atoms with Crippen molar-refractivity contribution in [1.82, 2.24) is 16.0 Å². The summed E-state index contributed by atoms with van der Waals surface area (Å²) < 4.78 is 0. The normalized spacial score (nSPS) is 16.0. The number of aliphatic carboxylic acids is 1. The smallest absolute Gasteiger partial charge is 0.326 e. The van der Waals surface area contributed by atoms with Gasteiger partial charge in [-0.3, -0.25) is 19.2 Å². The van der Waals surface area contributed by atoms with E-state index in [4.69, 9.17) is 11.5 Å². The van der Waals surface area contributed by atoms with Crippen LogP contribution in [0.4, 0.5) is 0 Å². The van der Waals surface area contributed by atoms with E-state index in [1.54, 1.807) is 13.8 Å². The lowest BCUT2D eigenvalue weighted by Gasteiger charge is -2.26. The molecule has 172 valence electrons. The maximum Gasteiger partial charge on any atom is 0.326 e. The summed E-state index contributed by atoms with van der Waals surface area (Å²) in [5.41, 5.74) is 10.5. The molecule has 30 heavy (non-hydrogen) atoms. The molecule has 0 aliphatic heterocycles. The van der Waals surface area contributed by atoms with E-state index in [0.29, 0.717) is 0 Å². The Hall–Kier alpha value is -2.73. The van der Waals surface area contributed by atoms with Gasteiger partial charge < -0.3 is 37.6 Å². The van der Waals surface area contributed by atoms with Crippen molar-refractivity contribution in [2.24, 2.45) is 17.4 Å². The Bertz CT molecular complexity index is 636. The maximum atomic E-state index is 12.6. The van der Waals surface area contributed by atoms with Gasteiger partial charge in [0.2, 0.25) is 23.6 Å². The molecule has 0 aromatic carbocycles. The average Bonchev–Trinajstić information content (AvgIpc) is 2.60. The van der Waals surface area contributed by atoms with Crippen molar-refractivity contribution in [3.05, 3.63) is 0 Å². The average molecular weight is 431 g/mol. The monoisotopic (exact) mass is 431 g/mol. The van der Waals surface area contributed by atoms with Crippen molar-refractivity contribution in [2.75, 3.05) is 0 Å². The number of carbonyl (C=O) groups is 5. The van der Waals surface area contributed by atoms with E-state index in [9.17, 15) is 34.2 Å². The van der Waals surface area contributed by atoms with Crippen LogP contribution in [0.25, 0.3) is 0 Å². The van der Waals surface area contributed by atoms with Gasteiger partial charge in [0.05, 0.1) is 12.1 Å². The lowest BCUT2D eigenvalue weighted by atomic mass is 10.0. The second-order valence-corrected chi connectivity index (χ2v) is 7.61. The summed E-state index contributed by atoms with van der Waals surface area (Å²) >= 11 is 0. The van der Waals surface area contributed by atoms with Crippen molar-refractivity contribution in [3.8, 4) is 0 Å². The minimum Gasteiger partial charge on any atom is -0.480 e. The molecular weight excluding hydrogens is 398 g/mol. The highest BCUT2D eigenvalue weighted by atomic mass is 16.4. The molecule has 0 aromatic rings. The van der Waals surface area contributed by atoms with Crippen molar-refractivity contribution in [2.45, 2.75) is 77.2 Å². The number of carboxylic acid groups (broad SMARTS) is 1. The first kappa shape index (κ1) is 27.3. The van der Waals surface area contributed by atoms with Crippen LogP contribution >= 0.6 is 0 Å². The molecule has 0 radical (unpaired) electrons. The second kappa shape index (κ2) is 12.8. The molecule has 5 atom stereocenters. The Labute approximate surface area is 175 Å². The SMILES string of the molecule is CC(C)CC(NC(=O)C(CCC(N)=O)NC(=O)C(NC(=O)C(C)N)C(C)O)C(=O)O. The predicted octanol–water partition coefficient (Wildman–Crippen LogP) is -2.43. The molecule has 0 saturated carbocycles. The lowest BCUT2D eigenvalue weighted by molar-refractivity contribution is -0.143. The Balaban J connectivity index is 5.45. The van der Waals surface area contributed by atoms with Gasteiger partial charge in [-0.2, -0.15) is 0 Å². The van der Waals surface area contributed by atoms with Crippen molar-refractivity contribution < 1.29 is 34.2 Å². The van der Waals surface area contributed by atoms with E-state index in [1.807, 2.05) is 0 Å². The topological polar surface area (TPSA) is 214 Å². The summed E-state index contributed by atoms with van der Waals surface area (Å²) in [6.07, 6.45) is -1.63. The fourth-order valence-electron chi connectivity index (χ4n) is 2.47. The standard InChI is InChI=1S/C18H33N5O7/c1-8(2)7-12(18(29)30)22-16(27)11(5-6-13(20)25)21-17(28)14(10(4)24)23-15(26)9(3)19/h8-12,14,24H,5-7,19H2,1-4H3,(H2,20,25)(H,21,28)(H,22,27)(H,23,26)(H,29,30). The minimum atomic E-state index is -1.42. The molecule has 0 heterocycles. The fourth-order valence-corrected chi connectivity index (χ4v) is 2.47. The van der Waals surface area contributed by atoms with Crippen LogP contribution in [0.3, 0.4) is 0 Å². The number of amides is 4. The highest BCUT2D eigenvalue weighted by Crippen LogP contribution is 2.07. The van der Waals surface area contributed by atoms with Gasteiger partial charge in [-0.15, -0.1) is 0 Å². The number of primary amides is 1. The third-order valence-corrected chi connectivity index (χ3v) is 4.11. The zero-order valence-electron chi connectivity index (χ0n) is 17.7. The van der Waals surface area contributed by atoms with Crippen molar-refractivity contribution in [3.63, 3.8) is 0 Å². The number of hydrogen-bond donors (Lipinski definition) is 7. The number of aliphatic hydroxyl groups is 1. The largest absolute Gasteiger partial charge is 0.480 e. The van der Waals surface area contributed by atoms with E-state index in [-0.39, 0.29) is 25.2 Å². The zero-order chi connectivity index (χ0) is 23.6. The molecule has 5 unspecified atom stereocenters. The second-order valence-electron chi connectivity index (χ2n) is 7.61. The maximum absolute atomic E-state index is 12.6. The summed E-state index contributed by atoms with van der Waals surface area (Å²) in [5.74, 6) is -4.44. The lowest BCUT2D eigenvalue weighted by Crippen LogP contribution is -2.59. The first-order valence-corrected chi connectivity index (χ1v) is 9.62. The van der Waals surface area contributed by atoms with E-state index in [0.717, 1.165) is 0 Å². The van der Waals surface area contributed by atoms with E-state index >= 15 is 0 Å². The van der Waals surface area contributed by atoms with Crippen LogP contribution in [0.15, 0.2) is 0 Å². The first-order valence-electron chi connectivity index (χ1n) is 9.62. The third-order valence-electron chi connectivity index (χ3n) is 4.11. The molecule has 0 spiro atoms. The minimum absolute atomic E-state index is 0.0295.